The highest BCUT2D eigenvalue weighted by atomic mass is 35.5. The predicted octanol–water partition coefficient (Wildman–Crippen LogP) is 2.63. The summed E-state index contributed by atoms with van der Waals surface area (Å²) in [5, 5.41) is 12.0. The number of rotatable bonds is 4. The van der Waals surface area contributed by atoms with Gasteiger partial charge in [0, 0.05) is 18.8 Å². The summed E-state index contributed by atoms with van der Waals surface area (Å²) in [5.41, 5.74) is 0.926. The number of piperidine rings is 1. The number of halogens is 1. The summed E-state index contributed by atoms with van der Waals surface area (Å²) in [6, 6.07) is 6.60. The molecule has 3 rings (SSSR count). The van der Waals surface area contributed by atoms with Crippen LogP contribution in [0.3, 0.4) is 0 Å². The summed E-state index contributed by atoms with van der Waals surface area (Å²) in [5.74, 6) is -0.0108. The van der Waals surface area contributed by atoms with Crippen LogP contribution in [0.4, 0.5) is 5.69 Å². The van der Waals surface area contributed by atoms with E-state index < -0.39 is 0 Å². The van der Waals surface area contributed by atoms with Crippen molar-refractivity contribution in [1.29, 1.82) is 5.26 Å². The lowest BCUT2D eigenvalue weighted by Crippen LogP contribution is -2.52. The van der Waals surface area contributed by atoms with Gasteiger partial charge in [-0.15, -0.1) is 0 Å². The Labute approximate surface area is 158 Å². The Hall–Kier alpha value is -2.10. The Morgan fingerprint density at radius 2 is 1.92 bits per heavy atom. The van der Waals surface area contributed by atoms with Crippen LogP contribution < -0.4 is 5.32 Å². The molecule has 0 bridgehead atoms. The smallest absolute Gasteiger partial charge is 0.239 e. The zero-order valence-electron chi connectivity index (χ0n) is 14.7. The number of benzene rings is 1. The Bertz CT molecular complexity index is 725. The van der Waals surface area contributed by atoms with E-state index in [1.807, 2.05) is 15.9 Å². The maximum atomic E-state index is 12.8. The van der Waals surface area contributed by atoms with Crippen molar-refractivity contribution in [2.24, 2.45) is 0 Å². The van der Waals surface area contributed by atoms with Crippen LogP contribution in [0, 0.1) is 11.3 Å². The van der Waals surface area contributed by atoms with Gasteiger partial charge in [0.2, 0.25) is 11.8 Å². The van der Waals surface area contributed by atoms with Crippen molar-refractivity contribution in [3.63, 3.8) is 0 Å². The summed E-state index contributed by atoms with van der Waals surface area (Å²) >= 11 is 6.01. The number of anilines is 1. The van der Waals surface area contributed by atoms with Crippen molar-refractivity contribution in [3.8, 4) is 6.07 Å². The number of nitriles is 1. The van der Waals surface area contributed by atoms with Crippen LogP contribution >= 0.6 is 11.6 Å². The lowest BCUT2D eigenvalue weighted by atomic mass is 10.0. The fourth-order valence-corrected chi connectivity index (χ4v) is 3.90. The summed E-state index contributed by atoms with van der Waals surface area (Å²) in [6.07, 6.45) is 4.97. The van der Waals surface area contributed by atoms with Gasteiger partial charge in [-0.1, -0.05) is 18.0 Å². The Morgan fingerprint density at radius 1 is 1.19 bits per heavy atom. The molecular formula is C19H23ClN4O2. The van der Waals surface area contributed by atoms with Gasteiger partial charge in [-0.3, -0.25) is 14.5 Å². The summed E-state index contributed by atoms with van der Waals surface area (Å²) < 4.78 is 0. The van der Waals surface area contributed by atoms with Crippen molar-refractivity contribution >= 4 is 29.1 Å². The number of carbonyl (C=O) groups is 2. The van der Waals surface area contributed by atoms with Gasteiger partial charge in [0.05, 0.1) is 23.2 Å². The minimum Gasteiger partial charge on any atom is -0.341 e. The third-order valence-corrected chi connectivity index (χ3v) is 5.35. The first-order chi connectivity index (χ1) is 12.6. The van der Waals surface area contributed by atoms with E-state index in [2.05, 4.69) is 5.32 Å². The third-order valence-electron chi connectivity index (χ3n) is 5.04. The first-order valence-electron chi connectivity index (χ1n) is 9.11. The number of likely N-dealkylation sites (tertiary alicyclic amines) is 2. The molecule has 2 aliphatic rings. The summed E-state index contributed by atoms with van der Waals surface area (Å²) in [4.78, 5) is 29.1. The van der Waals surface area contributed by atoms with E-state index in [4.69, 9.17) is 16.9 Å². The number of nitrogens with zero attached hydrogens (tertiary/aromatic N) is 3. The second-order valence-electron chi connectivity index (χ2n) is 6.87. The van der Waals surface area contributed by atoms with Gasteiger partial charge in [-0.05, 0) is 50.4 Å². The highest BCUT2D eigenvalue weighted by Gasteiger charge is 2.33. The van der Waals surface area contributed by atoms with Crippen LogP contribution in [0.1, 0.15) is 37.7 Å². The molecule has 1 atom stereocenters. The monoisotopic (exact) mass is 374 g/mol. The Balaban J connectivity index is 1.62. The normalized spacial score (nSPS) is 20.6. The van der Waals surface area contributed by atoms with E-state index in [0.717, 1.165) is 51.7 Å². The number of nitrogens with one attached hydrogen (secondary N) is 1. The SMILES string of the molecule is N#Cc1ccc(NC(=O)CN2CCCCC2C(=O)N2CCCC2)cc1Cl. The molecule has 7 heteroatoms. The molecule has 0 aromatic heterocycles. The molecule has 2 aliphatic heterocycles. The molecule has 138 valence electrons. The standard InChI is InChI=1S/C19H23ClN4O2/c20-16-11-15(7-6-14(16)12-21)22-18(25)13-24-10-2-1-5-17(24)19(26)23-8-3-4-9-23/h6-7,11,17H,1-5,8-10,13H2,(H,22,25). The fraction of sp³-hybridized carbons (Fsp3) is 0.526. The van der Waals surface area contributed by atoms with E-state index in [1.165, 1.54) is 0 Å². The molecule has 0 saturated carbocycles. The highest BCUT2D eigenvalue weighted by molar-refractivity contribution is 6.32. The molecule has 0 aliphatic carbocycles. The molecule has 2 fully saturated rings. The van der Waals surface area contributed by atoms with Gasteiger partial charge in [0.25, 0.3) is 0 Å². The van der Waals surface area contributed by atoms with E-state index in [9.17, 15) is 9.59 Å². The van der Waals surface area contributed by atoms with Crippen molar-refractivity contribution < 1.29 is 9.59 Å². The Kier molecular flexibility index (Phi) is 6.12. The Morgan fingerprint density at radius 3 is 2.62 bits per heavy atom. The van der Waals surface area contributed by atoms with Gasteiger partial charge in [0.15, 0.2) is 0 Å². The van der Waals surface area contributed by atoms with Crippen LogP contribution in [-0.2, 0) is 9.59 Å². The molecule has 0 radical (unpaired) electrons. The van der Waals surface area contributed by atoms with Crippen molar-refractivity contribution in [1.82, 2.24) is 9.80 Å². The van der Waals surface area contributed by atoms with Crippen LogP contribution in [0.5, 0.6) is 0 Å². The zero-order valence-corrected chi connectivity index (χ0v) is 15.5. The van der Waals surface area contributed by atoms with Crippen LogP contribution in [0.2, 0.25) is 5.02 Å². The lowest BCUT2D eigenvalue weighted by Gasteiger charge is -2.36. The molecular weight excluding hydrogens is 352 g/mol. The van der Waals surface area contributed by atoms with E-state index in [1.54, 1.807) is 18.2 Å². The van der Waals surface area contributed by atoms with Crippen molar-refractivity contribution in [2.75, 3.05) is 31.5 Å². The minimum absolute atomic E-state index is 0.163. The van der Waals surface area contributed by atoms with Crippen molar-refractivity contribution in [2.45, 2.75) is 38.1 Å². The average Bonchev–Trinajstić information content (AvgIpc) is 3.16. The number of amides is 2. The van der Waals surface area contributed by atoms with E-state index in [-0.39, 0.29) is 24.4 Å². The molecule has 1 aromatic carbocycles. The minimum atomic E-state index is -0.197. The van der Waals surface area contributed by atoms with Crippen molar-refractivity contribution in [3.05, 3.63) is 28.8 Å². The molecule has 1 unspecified atom stereocenters. The molecule has 2 saturated heterocycles. The maximum absolute atomic E-state index is 12.8. The molecule has 1 aromatic rings. The summed E-state index contributed by atoms with van der Waals surface area (Å²) in [6.45, 7) is 2.60. The largest absolute Gasteiger partial charge is 0.341 e. The second kappa shape index (κ2) is 8.52. The quantitative estimate of drug-likeness (QED) is 0.878. The first-order valence-corrected chi connectivity index (χ1v) is 9.48. The van der Waals surface area contributed by atoms with Crippen LogP contribution in [-0.4, -0.2) is 53.8 Å². The molecule has 1 N–H and O–H groups in total. The lowest BCUT2D eigenvalue weighted by molar-refractivity contribution is -0.137. The molecule has 0 spiro atoms. The predicted molar refractivity (Wildman–Crippen MR) is 99.8 cm³/mol. The van der Waals surface area contributed by atoms with Crippen LogP contribution in [0.25, 0.3) is 0 Å². The van der Waals surface area contributed by atoms with Crippen LogP contribution in [0.15, 0.2) is 18.2 Å². The van der Waals surface area contributed by atoms with E-state index in [0.29, 0.717) is 16.3 Å². The zero-order chi connectivity index (χ0) is 18.5. The van der Waals surface area contributed by atoms with Gasteiger partial charge >= 0.3 is 0 Å². The maximum Gasteiger partial charge on any atom is 0.239 e. The van der Waals surface area contributed by atoms with E-state index >= 15 is 0 Å². The third kappa shape index (κ3) is 4.35. The topological polar surface area (TPSA) is 76.4 Å². The molecule has 26 heavy (non-hydrogen) atoms. The highest BCUT2D eigenvalue weighted by Crippen LogP contribution is 2.22. The molecule has 6 nitrogen and oxygen atoms in total. The van der Waals surface area contributed by atoms with Gasteiger partial charge in [0.1, 0.15) is 6.07 Å². The number of hydrogen-bond donors (Lipinski definition) is 1. The van der Waals surface area contributed by atoms with Gasteiger partial charge in [-0.2, -0.15) is 5.26 Å². The summed E-state index contributed by atoms with van der Waals surface area (Å²) in [7, 11) is 0. The average molecular weight is 375 g/mol. The fourth-order valence-electron chi connectivity index (χ4n) is 3.68. The van der Waals surface area contributed by atoms with Gasteiger partial charge < -0.3 is 10.2 Å². The molecule has 2 heterocycles. The second-order valence-corrected chi connectivity index (χ2v) is 7.28. The van der Waals surface area contributed by atoms with Gasteiger partial charge in [-0.25, -0.2) is 0 Å². The number of hydrogen-bond acceptors (Lipinski definition) is 4. The molecule has 2 amide bonds. The number of carbonyl (C=O) groups excluding carboxylic acids is 2. The first kappa shape index (κ1) is 18.7.